The minimum Gasteiger partial charge on any atom is -0.371 e. The van der Waals surface area contributed by atoms with Gasteiger partial charge in [0.05, 0.1) is 5.69 Å². The Bertz CT molecular complexity index is 702. The van der Waals surface area contributed by atoms with Gasteiger partial charge in [0, 0.05) is 43.3 Å². The summed E-state index contributed by atoms with van der Waals surface area (Å²) in [7, 11) is 0. The van der Waals surface area contributed by atoms with Gasteiger partial charge in [0.25, 0.3) is 5.56 Å². The number of pyridine rings is 1. The summed E-state index contributed by atoms with van der Waals surface area (Å²) in [6.07, 6.45) is 4.04. The summed E-state index contributed by atoms with van der Waals surface area (Å²) in [6, 6.07) is 7.58. The van der Waals surface area contributed by atoms with Gasteiger partial charge in [0.15, 0.2) is 0 Å². The lowest BCUT2D eigenvalue weighted by Gasteiger charge is -2.33. The topological polar surface area (TPSA) is 51.0 Å². The zero-order valence-electron chi connectivity index (χ0n) is 13.2. The first-order valence-corrected chi connectivity index (χ1v) is 7.84. The summed E-state index contributed by atoms with van der Waals surface area (Å²) in [6.45, 7) is 6.71. The van der Waals surface area contributed by atoms with E-state index in [-0.39, 0.29) is 5.56 Å². The Morgan fingerprint density at radius 3 is 2.64 bits per heavy atom. The lowest BCUT2D eigenvalue weighted by atomic mass is 9.96. The van der Waals surface area contributed by atoms with Gasteiger partial charge in [-0.15, -0.1) is 0 Å². The van der Waals surface area contributed by atoms with Gasteiger partial charge in [0.1, 0.15) is 0 Å². The molecule has 2 aromatic heterocycles. The number of aromatic nitrogens is 3. The van der Waals surface area contributed by atoms with Crippen molar-refractivity contribution in [3.8, 4) is 0 Å². The van der Waals surface area contributed by atoms with Crippen LogP contribution in [0.1, 0.15) is 24.2 Å². The molecule has 1 aliphatic heterocycles. The smallest absolute Gasteiger partial charge is 0.266 e. The van der Waals surface area contributed by atoms with Crippen molar-refractivity contribution in [2.45, 2.75) is 33.2 Å². The maximum Gasteiger partial charge on any atom is 0.266 e. The number of nitrogens with zero attached hydrogens (tertiary/aromatic N) is 4. The Hall–Kier alpha value is -2.17. The van der Waals surface area contributed by atoms with E-state index in [1.165, 1.54) is 5.69 Å². The molecule has 0 amide bonds. The molecule has 1 aliphatic rings. The van der Waals surface area contributed by atoms with Gasteiger partial charge >= 0.3 is 0 Å². The molecule has 5 heteroatoms. The van der Waals surface area contributed by atoms with E-state index in [9.17, 15) is 4.79 Å². The molecule has 3 heterocycles. The van der Waals surface area contributed by atoms with Gasteiger partial charge in [-0.05, 0) is 50.8 Å². The number of anilines is 1. The summed E-state index contributed by atoms with van der Waals surface area (Å²) in [5.41, 5.74) is 3.19. The second kappa shape index (κ2) is 6.30. The molecule has 22 heavy (non-hydrogen) atoms. The average molecular weight is 298 g/mol. The van der Waals surface area contributed by atoms with Crippen molar-refractivity contribution in [2.75, 3.05) is 18.0 Å². The van der Waals surface area contributed by atoms with Gasteiger partial charge in [0.2, 0.25) is 0 Å². The quantitative estimate of drug-likeness (QED) is 0.871. The van der Waals surface area contributed by atoms with Crippen LogP contribution in [0.25, 0.3) is 0 Å². The second-order valence-electron chi connectivity index (χ2n) is 6.08. The van der Waals surface area contributed by atoms with E-state index in [4.69, 9.17) is 0 Å². The van der Waals surface area contributed by atoms with Crippen molar-refractivity contribution in [1.29, 1.82) is 0 Å². The first-order valence-electron chi connectivity index (χ1n) is 7.84. The average Bonchev–Trinajstić information content (AvgIpc) is 2.52. The minimum atomic E-state index is -0.00205. The molecule has 0 unspecified atom stereocenters. The van der Waals surface area contributed by atoms with Crippen molar-refractivity contribution < 1.29 is 0 Å². The second-order valence-corrected chi connectivity index (χ2v) is 6.08. The predicted octanol–water partition coefficient (Wildman–Crippen LogP) is 2.17. The molecule has 0 saturated carbocycles. The molecule has 1 fully saturated rings. The third kappa shape index (κ3) is 3.35. The van der Waals surface area contributed by atoms with Crippen LogP contribution in [-0.2, 0) is 6.54 Å². The molecule has 0 aromatic carbocycles. The van der Waals surface area contributed by atoms with Crippen LogP contribution in [0.5, 0.6) is 0 Å². The van der Waals surface area contributed by atoms with Gasteiger partial charge in [-0.25, -0.2) is 4.68 Å². The zero-order chi connectivity index (χ0) is 15.5. The van der Waals surface area contributed by atoms with Gasteiger partial charge in [-0.2, -0.15) is 5.10 Å². The van der Waals surface area contributed by atoms with Crippen LogP contribution in [0.15, 0.2) is 35.3 Å². The molecular weight excluding hydrogens is 276 g/mol. The highest BCUT2D eigenvalue weighted by Crippen LogP contribution is 2.24. The number of aryl methyl sites for hydroxylation is 2. The molecule has 0 N–H and O–H groups in total. The molecule has 0 radical (unpaired) electrons. The number of piperidine rings is 1. The fraction of sp³-hybridized carbons (Fsp3) is 0.471. The molecular formula is C17H22N4O. The predicted molar refractivity (Wildman–Crippen MR) is 87.1 cm³/mol. The Labute approximate surface area is 130 Å². The van der Waals surface area contributed by atoms with Crippen LogP contribution in [0, 0.1) is 19.8 Å². The van der Waals surface area contributed by atoms with E-state index in [1.54, 1.807) is 16.8 Å². The van der Waals surface area contributed by atoms with E-state index in [2.05, 4.69) is 27.1 Å². The standard InChI is InChI=1S/C17H22N4O/c1-13-3-4-17(22)21(19-13)12-15-6-9-20(10-7-15)16-5-8-18-14(2)11-16/h3-5,8,11,15H,6-7,9-10,12H2,1-2H3. The van der Waals surface area contributed by atoms with Crippen molar-refractivity contribution in [1.82, 2.24) is 14.8 Å². The van der Waals surface area contributed by atoms with Crippen molar-refractivity contribution in [3.05, 3.63) is 52.2 Å². The van der Waals surface area contributed by atoms with E-state index < -0.39 is 0 Å². The highest BCUT2D eigenvalue weighted by molar-refractivity contribution is 5.46. The van der Waals surface area contributed by atoms with Gasteiger partial charge < -0.3 is 4.90 Å². The van der Waals surface area contributed by atoms with Crippen molar-refractivity contribution in [3.63, 3.8) is 0 Å². The molecule has 5 nitrogen and oxygen atoms in total. The molecule has 3 rings (SSSR count). The van der Waals surface area contributed by atoms with Crippen LogP contribution in [0.2, 0.25) is 0 Å². The van der Waals surface area contributed by atoms with Crippen LogP contribution < -0.4 is 10.5 Å². The Morgan fingerprint density at radius 1 is 1.14 bits per heavy atom. The molecule has 2 aromatic rings. The first-order chi connectivity index (χ1) is 10.6. The van der Waals surface area contributed by atoms with Crippen LogP contribution in [-0.4, -0.2) is 27.9 Å². The lowest BCUT2D eigenvalue weighted by Crippen LogP contribution is -2.36. The summed E-state index contributed by atoms with van der Waals surface area (Å²) in [5.74, 6) is 0.520. The molecule has 116 valence electrons. The van der Waals surface area contributed by atoms with Crippen molar-refractivity contribution in [2.24, 2.45) is 5.92 Å². The maximum absolute atomic E-state index is 11.9. The minimum absolute atomic E-state index is 0.00205. The summed E-state index contributed by atoms with van der Waals surface area (Å²) in [5, 5.41) is 4.34. The maximum atomic E-state index is 11.9. The normalized spacial score (nSPS) is 16.0. The molecule has 1 saturated heterocycles. The summed E-state index contributed by atoms with van der Waals surface area (Å²) >= 11 is 0. The Kier molecular flexibility index (Phi) is 4.22. The summed E-state index contributed by atoms with van der Waals surface area (Å²) < 4.78 is 1.62. The molecule has 0 aliphatic carbocycles. The third-order valence-corrected chi connectivity index (χ3v) is 4.29. The monoisotopic (exact) mass is 298 g/mol. The Balaban J connectivity index is 1.62. The van der Waals surface area contributed by atoms with Crippen LogP contribution >= 0.6 is 0 Å². The lowest BCUT2D eigenvalue weighted by molar-refractivity contribution is 0.334. The fourth-order valence-electron chi connectivity index (χ4n) is 3.03. The van der Waals surface area contributed by atoms with E-state index in [1.807, 2.05) is 20.0 Å². The number of rotatable bonds is 3. The largest absolute Gasteiger partial charge is 0.371 e. The zero-order valence-corrected chi connectivity index (χ0v) is 13.2. The van der Waals surface area contributed by atoms with Gasteiger partial charge in [-0.1, -0.05) is 0 Å². The molecule has 0 atom stereocenters. The van der Waals surface area contributed by atoms with Crippen LogP contribution in [0.4, 0.5) is 5.69 Å². The molecule has 0 spiro atoms. The molecule has 0 bridgehead atoms. The number of hydrogen-bond donors (Lipinski definition) is 0. The van der Waals surface area contributed by atoms with E-state index in [0.717, 1.165) is 43.9 Å². The fourth-order valence-corrected chi connectivity index (χ4v) is 3.03. The van der Waals surface area contributed by atoms with E-state index >= 15 is 0 Å². The first kappa shape index (κ1) is 14.8. The SMILES string of the molecule is Cc1cc(N2CCC(Cn3nc(C)ccc3=O)CC2)ccn1. The van der Waals surface area contributed by atoms with Crippen molar-refractivity contribution >= 4 is 5.69 Å². The van der Waals surface area contributed by atoms with Gasteiger partial charge in [-0.3, -0.25) is 9.78 Å². The van der Waals surface area contributed by atoms with Crippen LogP contribution in [0.3, 0.4) is 0 Å². The van der Waals surface area contributed by atoms with E-state index in [0.29, 0.717) is 5.92 Å². The number of hydrogen-bond acceptors (Lipinski definition) is 4. The Morgan fingerprint density at radius 2 is 1.91 bits per heavy atom. The third-order valence-electron chi connectivity index (χ3n) is 4.29. The highest BCUT2D eigenvalue weighted by atomic mass is 16.1. The highest BCUT2D eigenvalue weighted by Gasteiger charge is 2.20. The summed E-state index contributed by atoms with van der Waals surface area (Å²) in [4.78, 5) is 18.5.